The number of hydrogen-bond acceptors (Lipinski definition) is 2. The molecular formula is C11H18N2O3. The van der Waals surface area contributed by atoms with Gasteiger partial charge in [-0.15, -0.1) is 6.42 Å². The number of amides is 2. The topological polar surface area (TPSA) is 60.9 Å². The molecule has 2 amide bonds. The summed E-state index contributed by atoms with van der Waals surface area (Å²) in [6, 6.07) is -0.295. The van der Waals surface area contributed by atoms with Crippen LogP contribution in [0.2, 0.25) is 0 Å². The molecule has 0 saturated carbocycles. The minimum absolute atomic E-state index is 0.00586. The molecule has 0 rings (SSSR count). The highest BCUT2D eigenvalue weighted by atomic mass is 16.4. The average Bonchev–Trinajstić information content (AvgIpc) is 2.24. The summed E-state index contributed by atoms with van der Waals surface area (Å²) in [5, 5.41) is 8.66. The van der Waals surface area contributed by atoms with Crippen LogP contribution in [0.1, 0.15) is 20.3 Å². The Bertz CT molecular complexity index is 296. The van der Waals surface area contributed by atoms with E-state index in [-0.39, 0.29) is 25.2 Å². The lowest BCUT2D eigenvalue weighted by molar-refractivity contribution is -0.137. The van der Waals surface area contributed by atoms with Gasteiger partial charge in [-0.3, -0.25) is 4.79 Å². The quantitative estimate of drug-likeness (QED) is 0.707. The van der Waals surface area contributed by atoms with Gasteiger partial charge >= 0.3 is 12.0 Å². The standard InChI is InChI=1S/C11H18N2O3/c1-5-7-13(8-10(14)15)11(16)12(4)9(3)6-2/h1,9H,6-8H2,2-4H3,(H,14,15). The summed E-state index contributed by atoms with van der Waals surface area (Å²) in [6.07, 6.45) is 5.90. The number of urea groups is 1. The highest BCUT2D eigenvalue weighted by molar-refractivity contribution is 5.80. The Morgan fingerprint density at radius 3 is 2.44 bits per heavy atom. The molecular weight excluding hydrogens is 208 g/mol. The number of aliphatic carboxylic acids is 1. The zero-order chi connectivity index (χ0) is 12.7. The number of terminal acetylenes is 1. The van der Waals surface area contributed by atoms with Crippen molar-refractivity contribution in [2.75, 3.05) is 20.1 Å². The fourth-order valence-corrected chi connectivity index (χ4v) is 1.15. The predicted molar refractivity (Wildman–Crippen MR) is 61.0 cm³/mol. The van der Waals surface area contributed by atoms with E-state index < -0.39 is 5.97 Å². The molecule has 0 aliphatic rings. The van der Waals surface area contributed by atoms with Crippen molar-refractivity contribution in [3.05, 3.63) is 0 Å². The molecule has 5 nitrogen and oxygen atoms in total. The summed E-state index contributed by atoms with van der Waals surface area (Å²) in [5.41, 5.74) is 0. The summed E-state index contributed by atoms with van der Waals surface area (Å²) in [5.74, 6) is 1.21. The van der Waals surface area contributed by atoms with E-state index in [0.717, 1.165) is 11.3 Å². The number of nitrogens with zero attached hydrogens (tertiary/aromatic N) is 2. The van der Waals surface area contributed by atoms with Gasteiger partial charge in [0.05, 0.1) is 6.54 Å². The van der Waals surface area contributed by atoms with Crippen LogP contribution in [0, 0.1) is 12.3 Å². The number of rotatable bonds is 5. The largest absolute Gasteiger partial charge is 0.480 e. The summed E-state index contributed by atoms with van der Waals surface area (Å²) >= 11 is 0. The summed E-state index contributed by atoms with van der Waals surface area (Å²) in [4.78, 5) is 25.1. The molecule has 1 unspecified atom stereocenters. The van der Waals surface area contributed by atoms with Crippen molar-refractivity contribution in [2.24, 2.45) is 0 Å². The number of carbonyl (C=O) groups excluding carboxylic acids is 1. The third kappa shape index (κ3) is 4.22. The number of hydrogen-bond donors (Lipinski definition) is 1. The van der Waals surface area contributed by atoms with Crippen molar-refractivity contribution in [1.82, 2.24) is 9.80 Å². The molecule has 0 aliphatic heterocycles. The van der Waals surface area contributed by atoms with Crippen molar-refractivity contribution < 1.29 is 14.7 Å². The maximum absolute atomic E-state index is 11.9. The normalized spacial score (nSPS) is 11.4. The van der Waals surface area contributed by atoms with Crippen molar-refractivity contribution in [3.63, 3.8) is 0 Å². The number of carboxylic acids is 1. The molecule has 0 saturated heterocycles. The summed E-state index contributed by atoms with van der Waals surface area (Å²) < 4.78 is 0. The third-order valence-corrected chi connectivity index (χ3v) is 2.43. The Hall–Kier alpha value is -1.70. The second kappa shape index (κ2) is 6.72. The van der Waals surface area contributed by atoms with Crippen LogP contribution in [0.3, 0.4) is 0 Å². The molecule has 1 N–H and O–H groups in total. The first-order chi connectivity index (χ1) is 7.43. The zero-order valence-corrected chi connectivity index (χ0v) is 9.93. The maximum atomic E-state index is 11.9. The minimum Gasteiger partial charge on any atom is -0.480 e. The van der Waals surface area contributed by atoms with Gasteiger partial charge < -0.3 is 14.9 Å². The molecule has 90 valence electrons. The van der Waals surface area contributed by atoms with E-state index >= 15 is 0 Å². The van der Waals surface area contributed by atoms with Gasteiger partial charge in [-0.2, -0.15) is 0 Å². The Balaban J connectivity index is 4.60. The first-order valence-electron chi connectivity index (χ1n) is 5.11. The van der Waals surface area contributed by atoms with Gasteiger partial charge in [-0.05, 0) is 13.3 Å². The van der Waals surface area contributed by atoms with Gasteiger partial charge in [0.25, 0.3) is 0 Å². The monoisotopic (exact) mass is 226 g/mol. The Labute approximate surface area is 96.0 Å². The highest BCUT2D eigenvalue weighted by Gasteiger charge is 2.22. The molecule has 0 radical (unpaired) electrons. The molecule has 5 heteroatoms. The van der Waals surface area contributed by atoms with Crippen LogP contribution in [-0.2, 0) is 4.79 Å². The van der Waals surface area contributed by atoms with E-state index in [1.54, 1.807) is 7.05 Å². The van der Waals surface area contributed by atoms with Gasteiger partial charge in [0.1, 0.15) is 6.54 Å². The van der Waals surface area contributed by atoms with Gasteiger partial charge in [-0.25, -0.2) is 4.79 Å². The average molecular weight is 226 g/mol. The van der Waals surface area contributed by atoms with Gasteiger partial charge in [0, 0.05) is 13.1 Å². The highest BCUT2D eigenvalue weighted by Crippen LogP contribution is 2.04. The number of carboxylic acid groups (broad SMARTS) is 1. The SMILES string of the molecule is C#CCN(CC(=O)O)C(=O)N(C)C(C)CC. The van der Waals surface area contributed by atoms with Crippen molar-refractivity contribution in [1.29, 1.82) is 0 Å². The van der Waals surface area contributed by atoms with E-state index in [2.05, 4.69) is 5.92 Å². The van der Waals surface area contributed by atoms with Crippen molar-refractivity contribution in [2.45, 2.75) is 26.3 Å². The molecule has 0 heterocycles. The van der Waals surface area contributed by atoms with Crippen LogP contribution in [0.15, 0.2) is 0 Å². The van der Waals surface area contributed by atoms with Crippen molar-refractivity contribution >= 4 is 12.0 Å². The molecule has 0 aromatic carbocycles. The fraction of sp³-hybridized carbons (Fsp3) is 0.636. The fourth-order valence-electron chi connectivity index (χ4n) is 1.15. The van der Waals surface area contributed by atoms with Gasteiger partial charge in [0.2, 0.25) is 0 Å². The lowest BCUT2D eigenvalue weighted by atomic mass is 10.2. The molecule has 1 atom stereocenters. The van der Waals surface area contributed by atoms with Crippen LogP contribution >= 0.6 is 0 Å². The zero-order valence-electron chi connectivity index (χ0n) is 9.93. The van der Waals surface area contributed by atoms with E-state index in [0.29, 0.717) is 0 Å². The Morgan fingerprint density at radius 2 is 2.06 bits per heavy atom. The molecule has 0 aliphatic carbocycles. The second-order valence-corrected chi connectivity index (χ2v) is 3.60. The molecule has 0 aromatic rings. The molecule has 0 fully saturated rings. The first-order valence-corrected chi connectivity index (χ1v) is 5.11. The second-order valence-electron chi connectivity index (χ2n) is 3.60. The van der Waals surface area contributed by atoms with Crippen LogP contribution in [0.25, 0.3) is 0 Å². The van der Waals surface area contributed by atoms with Crippen LogP contribution < -0.4 is 0 Å². The Morgan fingerprint density at radius 1 is 1.50 bits per heavy atom. The summed E-state index contributed by atoms with van der Waals surface area (Å²) in [6.45, 7) is 3.49. The van der Waals surface area contributed by atoms with E-state index in [1.807, 2.05) is 13.8 Å². The molecule has 0 spiro atoms. The van der Waals surface area contributed by atoms with E-state index in [4.69, 9.17) is 11.5 Å². The first kappa shape index (κ1) is 14.3. The Kier molecular flexibility index (Phi) is 6.01. The summed E-state index contributed by atoms with van der Waals surface area (Å²) in [7, 11) is 1.64. The smallest absolute Gasteiger partial charge is 0.323 e. The van der Waals surface area contributed by atoms with Gasteiger partial charge in [-0.1, -0.05) is 12.8 Å². The van der Waals surface area contributed by atoms with Crippen molar-refractivity contribution in [3.8, 4) is 12.3 Å². The van der Waals surface area contributed by atoms with E-state index in [9.17, 15) is 9.59 Å². The van der Waals surface area contributed by atoms with Crippen LogP contribution in [0.5, 0.6) is 0 Å². The maximum Gasteiger partial charge on any atom is 0.323 e. The van der Waals surface area contributed by atoms with Gasteiger partial charge in [0.15, 0.2) is 0 Å². The minimum atomic E-state index is -1.07. The van der Waals surface area contributed by atoms with E-state index in [1.165, 1.54) is 4.90 Å². The van der Waals surface area contributed by atoms with Crippen LogP contribution in [-0.4, -0.2) is 53.1 Å². The lowest BCUT2D eigenvalue weighted by Gasteiger charge is -2.29. The molecule has 0 aromatic heterocycles. The predicted octanol–water partition coefficient (Wildman–Crippen LogP) is 0.856. The third-order valence-electron chi connectivity index (χ3n) is 2.43. The number of carbonyl (C=O) groups is 2. The molecule has 16 heavy (non-hydrogen) atoms. The lowest BCUT2D eigenvalue weighted by Crippen LogP contribution is -2.46. The molecule has 0 bridgehead atoms. The van der Waals surface area contributed by atoms with Crippen LogP contribution in [0.4, 0.5) is 4.79 Å².